The van der Waals surface area contributed by atoms with Crippen molar-refractivity contribution in [1.29, 1.82) is 0 Å². The molecule has 1 N–H and O–H groups in total. The summed E-state index contributed by atoms with van der Waals surface area (Å²) in [6.45, 7) is 5.32. The van der Waals surface area contributed by atoms with E-state index in [-0.39, 0.29) is 6.10 Å². The lowest BCUT2D eigenvalue weighted by atomic mass is 10.3. The molecule has 1 aliphatic rings. The number of hydrogen-bond acceptors (Lipinski definition) is 3. The fourth-order valence-electron chi connectivity index (χ4n) is 0.949. The van der Waals surface area contributed by atoms with Crippen molar-refractivity contribution in [2.24, 2.45) is 0 Å². The van der Waals surface area contributed by atoms with Crippen molar-refractivity contribution in [3.63, 3.8) is 0 Å². The molecular formula is C8H15NO2. The molecule has 1 aliphatic heterocycles. The summed E-state index contributed by atoms with van der Waals surface area (Å²) >= 11 is 0. The molecule has 0 bridgehead atoms. The zero-order valence-corrected chi connectivity index (χ0v) is 6.88. The molecule has 0 aromatic heterocycles. The Balaban J connectivity index is 2.13. The first-order valence-electron chi connectivity index (χ1n) is 4.04. The summed E-state index contributed by atoms with van der Waals surface area (Å²) in [5, 5.41) is 3.23. The lowest BCUT2D eigenvalue weighted by Crippen LogP contribution is -2.37. The number of morpholine rings is 1. The van der Waals surface area contributed by atoms with E-state index in [1.165, 1.54) is 0 Å². The average molecular weight is 157 g/mol. The fraction of sp³-hybridized carbons (Fsp3) is 0.750. The summed E-state index contributed by atoms with van der Waals surface area (Å²) in [6.07, 6.45) is 3.84. The Kier molecular flexibility index (Phi) is 4.01. The predicted octanol–water partition coefficient (Wildman–Crippen LogP) is 0.525. The van der Waals surface area contributed by atoms with Gasteiger partial charge in [0.1, 0.15) is 0 Å². The Morgan fingerprint density at radius 2 is 2.64 bits per heavy atom. The van der Waals surface area contributed by atoms with Crippen LogP contribution < -0.4 is 5.32 Å². The molecule has 3 heteroatoms. The largest absolute Gasteiger partial charge is 0.502 e. The Labute approximate surface area is 67.4 Å². The van der Waals surface area contributed by atoms with E-state index in [1.54, 1.807) is 6.26 Å². The van der Waals surface area contributed by atoms with Gasteiger partial charge in [-0.2, -0.15) is 0 Å². The third-order valence-electron chi connectivity index (χ3n) is 1.51. The van der Waals surface area contributed by atoms with Crippen molar-refractivity contribution in [3.8, 4) is 0 Å². The molecule has 0 aromatic rings. The molecule has 0 aliphatic carbocycles. The van der Waals surface area contributed by atoms with Crippen LogP contribution in [-0.2, 0) is 9.47 Å². The maximum atomic E-state index is 5.40. The molecule has 1 atom stereocenters. The second kappa shape index (κ2) is 5.16. The van der Waals surface area contributed by atoms with Crippen LogP contribution >= 0.6 is 0 Å². The van der Waals surface area contributed by atoms with Crippen LogP contribution in [0.5, 0.6) is 0 Å². The van der Waals surface area contributed by atoms with E-state index in [0.717, 1.165) is 26.3 Å². The smallest absolute Gasteiger partial charge is 0.0913 e. The lowest BCUT2D eigenvalue weighted by molar-refractivity contribution is 0.0572. The van der Waals surface area contributed by atoms with Gasteiger partial charge in [-0.15, -0.1) is 0 Å². The van der Waals surface area contributed by atoms with Crippen LogP contribution in [0.15, 0.2) is 12.3 Å². The summed E-state index contributed by atoms with van der Waals surface area (Å²) in [5.74, 6) is 0. The van der Waals surface area contributed by atoms with Gasteiger partial charge in [0, 0.05) is 13.1 Å². The van der Waals surface area contributed by atoms with Crippen LogP contribution in [0, 0.1) is 0 Å². The number of nitrogens with one attached hydrogen (secondary N) is 1. The Morgan fingerprint density at radius 3 is 3.27 bits per heavy atom. The minimum atomic E-state index is 0.190. The van der Waals surface area contributed by atoms with Gasteiger partial charge in [-0.1, -0.05) is 0 Å². The van der Waals surface area contributed by atoms with Gasteiger partial charge in [0.25, 0.3) is 0 Å². The van der Waals surface area contributed by atoms with Gasteiger partial charge in [0.05, 0.1) is 25.6 Å². The lowest BCUT2D eigenvalue weighted by Gasteiger charge is -2.20. The summed E-state index contributed by atoms with van der Waals surface area (Å²) in [7, 11) is 0. The molecule has 0 saturated carbocycles. The highest BCUT2D eigenvalue weighted by Gasteiger charge is 2.08. The van der Waals surface area contributed by atoms with Gasteiger partial charge < -0.3 is 14.8 Å². The Bertz CT molecular complexity index is 119. The van der Waals surface area contributed by atoms with Crippen molar-refractivity contribution < 1.29 is 9.47 Å². The van der Waals surface area contributed by atoms with Gasteiger partial charge in [0.2, 0.25) is 0 Å². The summed E-state index contributed by atoms with van der Waals surface area (Å²) in [6, 6.07) is 0. The van der Waals surface area contributed by atoms with Gasteiger partial charge in [0.15, 0.2) is 0 Å². The Hall–Kier alpha value is -0.540. The maximum absolute atomic E-state index is 5.40. The van der Waals surface area contributed by atoms with Crippen LogP contribution in [-0.4, -0.2) is 32.4 Å². The fourth-order valence-corrected chi connectivity index (χ4v) is 0.949. The van der Waals surface area contributed by atoms with Crippen molar-refractivity contribution in [1.82, 2.24) is 5.32 Å². The third kappa shape index (κ3) is 3.39. The number of rotatable bonds is 3. The molecule has 64 valence electrons. The van der Waals surface area contributed by atoms with Crippen LogP contribution in [0.25, 0.3) is 0 Å². The van der Waals surface area contributed by atoms with Crippen LogP contribution in [0.4, 0.5) is 0 Å². The van der Waals surface area contributed by atoms with Crippen molar-refractivity contribution in [3.05, 3.63) is 12.3 Å². The van der Waals surface area contributed by atoms with Crippen molar-refractivity contribution in [2.75, 3.05) is 26.3 Å². The minimum Gasteiger partial charge on any atom is -0.502 e. The highest BCUT2D eigenvalue weighted by atomic mass is 16.5. The van der Waals surface area contributed by atoms with Gasteiger partial charge in [-0.05, 0) is 13.0 Å². The summed E-state index contributed by atoms with van der Waals surface area (Å²) in [4.78, 5) is 0. The zero-order valence-electron chi connectivity index (χ0n) is 6.88. The monoisotopic (exact) mass is 157 g/mol. The number of hydrogen-bond donors (Lipinski definition) is 1. The van der Waals surface area contributed by atoms with E-state index in [2.05, 4.69) is 5.32 Å². The highest BCUT2D eigenvalue weighted by molar-refractivity contribution is 4.87. The van der Waals surface area contributed by atoms with E-state index >= 15 is 0 Å². The predicted molar refractivity (Wildman–Crippen MR) is 43.4 cm³/mol. The first-order chi connectivity index (χ1) is 5.43. The van der Waals surface area contributed by atoms with E-state index in [1.807, 2.05) is 13.0 Å². The molecule has 11 heavy (non-hydrogen) atoms. The topological polar surface area (TPSA) is 30.5 Å². The van der Waals surface area contributed by atoms with Gasteiger partial charge in [-0.3, -0.25) is 0 Å². The molecule has 0 spiro atoms. The molecule has 1 saturated heterocycles. The molecule has 0 radical (unpaired) electrons. The Morgan fingerprint density at radius 1 is 1.73 bits per heavy atom. The molecule has 0 amide bonds. The second-order valence-electron chi connectivity index (χ2n) is 2.40. The highest BCUT2D eigenvalue weighted by Crippen LogP contribution is 1.97. The molecular weight excluding hydrogens is 142 g/mol. The molecule has 0 aromatic carbocycles. The van der Waals surface area contributed by atoms with E-state index in [0.29, 0.717) is 0 Å². The number of ether oxygens (including phenoxy) is 2. The van der Waals surface area contributed by atoms with Crippen molar-refractivity contribution in [2.45, 2.75) is 13.0 Å². The third-order valence-corrected chi connectivity index (χ3v) is 1.51. The summed E-state index contributed by atoms with van der Waals surface area (Å²) < 4.78 is 10.4. The van der Waals surface area contributed by atoms with E-state index in [9.17, 15) is 0 Å². The molecule has 1 unspecified atom stereocenters. The second-order valence-corrected chi connectivity index (χ2v) is 2.40. The first-order valence-corrected chi connectivity index (χ1v) is 4.04. The quantitative estimate of drug-likeness (QED) is 0.606. The van der Waals surface area contributed by atoms with Crippen LogP contribution in [0.1, 0.15) is 6.92 Å². The van der Waals surface area contributed by atoms with E-state index in [4.69, 9.17) is 9.47 Å². The molecule has 1 fully saturated rings. The SMILES string of the molecule is CCOC=CC1CNCCO1. The summed E-state index contributed by atoms with van der Waals surface area (Å²) in [5.41, 5.74) is 0. The van der Waals surface area contributed by atoms with Crippen LogP contribution in [0.2, 0.25) is 0 Å². The molecule has 1 heterocycles. The van der Waals surface area contributed by atoms with Gasteiger partial charge in [-0.25, -0.2) is 0 Å². The molecule has 3 nitrogen and oxygen atoms in total. The average Bonchev–Trinajstić information content (AvgIpc) is 2.07. The maximum Gasteiger partial charge on any atom is 0.0913 e. The van der Waals surface area contributed by atoms with E-state index < -0.39 is 0 Å². The minimum absolute atomic E-state index is 0.190. The normalized spacial score (nSPS) is 25.7. The standard InChI is InChI=1S/C8H15NO2/c1-2-10-5-3-8-7-9-4-6-11-8/h3,5,8-9H,2,4,6-7H2,1H3. The molecule has 1 rings (SSSR count). The van der Waals surface area contributed by atoms with Gasteiger partial charge >= 0.3 is 0 Å². The van der Waals surface area contributed by atoms with Crippen LogP contribution in [0.3, 0.4) is 0 Å². The van der Waals surface area contributed by atoms with Crippen molar-refractivity contribution >= 4 is 0 Å². The zero-order chi connectivity index (χ0) is 7.94. The first kappa shape index (κ1) is 8.56.